The van der Waals surface area contributed by atoms with Crippen molar-refractivity contribution in [3.8, 4) is 5.75 Å². The maximum Gasteiger partial charge on any atom is 0.234 e. The SMILES string of the molecule is CCOc1ccccc1NC(=O)CSCc1cc(=O)c2ccc(C)c(C)c2[nH]1. The third kappa shape index (κ3) is 4.57. The minimum Gasteiger partial charge on any atom is -0.492 e. The molecule has 0 fully saturated rings. The second kappa shape index (κ2) is 8.97. The molecule has 1 amide bonds. The number of amides is 1. The lowest BCUT2D eigenvalue weighted by molar-refractivity contribution is -0.113. The Bertz CT molecular complexity index is 1060. The molecule has 0 aliphatic carbocycles. The number of anilines is 1. The Morgan fingerprint density at radius 3 is 2.75 bits per heavy atom. The molecule has 1 aromatic heterocycles. The van der Waals surface area contributed by atoms with E-state index in [4.69, 9.17) is 4.74 Å². The lowest BCUT2D eigenvalue weighted by Gasteiger charge is -2.11. The first kappa shape index (κ1) is 20.0. The molecule has 0 spiro atoms. The summed E-state index contributed by atoms with van der Waals surface area (Å²) in [5.74, 6) is 1.40. The Labute approximate surface area is 168 Å². The van der Waals surface area contributed by atoms with Crippen LogP contribution < -0.4 is 15.5 Å². The number of hydrogen-bond donors (Lipinski definition) is 2. The van der Waals surface area contributed by atoms with E-state index in [1.807, 2.05) is 57.2 Å². The number of ether oxygens (including phenoxy) is 1. The van der Waals surface area contributed by atoms with E-state index >= 15 is 0 Å². The Kier molecular flexibility index (Phi) is 6.41. The fraction of sp³-hybridized carbons (Fsp3) is 0.273. The van der Waals surface area contributed by atoms with Crippen LogP contribution in [0.1, 0.15) is 23.7 Å². The molecule has 0 radical (unpaired) electrons. The van der Waals surface area contributed by atoms with Crippen LogP contribution in [0.4, 0.5) is 5.69 Å². The number of pyridine rings is 1. The van der Waals surface area contributed by atoms with Crippen LogP contribution in [0.5, 0.6) is 5.75 Å². The van der Waals surface area contributed by atoms with Gasteiger partial charge in [0.05, 0.1) is 23.6 Å². The van der Waals surface area contributed by atoms with Gasteiger partial charge in [-0.15, -0.1) is 11.8 Å². The average Bonchev–Trinajstić information content (AvgIpc) is 2.67. The summed E-state index contributed by atoms with van der Waals surface area (Å²) in [5, 5.41) is 3.58. The number of nitrogens with one attached hydrogen (secondary N) is 2. The predicted octanol–water partition coefficient (Wildman–Crippen LogP) is 4.42. The fourth-order valence-electron chi connectivity index (χ4n) is 2.98. The summed E-state index contributed by atoms with van der Waals surface area (Å²) in [6.45, 7) is 6.48. The molecule has 0 aliphatic rings. The predicted molar refractivity (Wildman–Crippen MR) is 116 cm³/mol. The molecule has 5 nitrogen and oxygen atoms in total. The normalized spacial score (nSPS) is 10.8. The number of fused-ring (bicyclic) bond motifs is 1. The van der Waals surface area contributed by atoms with Crippen molar-refractivity contribution >= 4 is 34.3 Å². The highest BCUT2D eigenvalue weighted by atomic mass is 32.2. The van der Waals surface area contributed by atoms with Crippen LogP contribution in [0.2, 0.25) is 0 Å². The van der Waals surface area contributed by atoms with Crippen LogP contribution in [0.15, 0.2) is 47.3 Å². The van der Waals surface area contributed by atoms with Gasteiger partial charge in [0.15, 0.2) is 5.43 Å². The van der Waals surface area contributed by atoms with Gasteiger partial charge >= 0.3 is 0 Å². The lowest BCUT2D eigenvalue weighted by atomic mass is 10.0. The first-order valence-electron chi connectivity index (χ1n) is 9.21. The summed E-state index contributed by atoms with van der Waals surface area (Å²) >= 11 is 1.46. The van der Waals surface area contributed by atoms with Gasteiger partial charge in [-0.2, -0.15) is 0 Å². The minimum atomic E-state index is -0.104. The number of hydrogen-bond acceptors (Lipinski definition) is 4. The topological polar surface area (TPSA) is 71.2 Å². The van der Waals surface area contributed by atoms with E-state index in [0.717, 1.165) is 22.3 Å². The summed E-state index contributed by atoms with van der Waals surface area (Å²) in [5.41, 5.74) is 4.58. The molecule has 6 heteroatoms. The monoisotopic (exact) mass is 396 g/mol. The molecule has 0 saturated carbocycles. The van der Waals surface area contributed by atoms with Gasteiger partial charge in [-0.25, -0.2) is 0 Å². The second-order valence-electron chi connectivity index (χ2n) is 6.56. The van der Waals surface area contributed by atoms with E-state index in [1.54, 1.807) is 6.07 Å². The number of benzene rings is 2. The van der Waals surface area contributed by atoms with Crippen molar-refractivity contribution in [1.29, 1.82) is 0 Å². The Morgan fingerprint density at radius 1 is 1.18 bits per heavy atom. The van der Waals surface area contributed by atoms with Crippen molar-refractivity contribution in [3.05, 3.63) is 69.5 Å². The quantitative estimate of drug-likeness (QED) is 0.620. The maximum absolute atomic E-state index is 12.4. The van der Waals surface area contributed by atoms with Gasteiger partial charge in [0, 0.05) is 22.9 Å². The molecule has 3 rings (SSSR count). The molecule has 0 atom stereocenters. The highest BCUT2D eigenvalue weighted by Gasteiger charge is 2.09. The van der Waals surface area contributed by atoms with E-state index < -0.39 is 0 Å². The number of rotatable bonds is 7. The molecule has 3 aromatic rings. The van der Waals surface area contributed by atoms with Gasteiger partial charge in [0.25, 0.3) is 0 Å². The first-order chi connectivity index (χ1) is 13.5. The van der Waals surface area contributed by atoms with E-state index in [0.29, 0.717) is 29.2 Å². The summed E-state index contributed by atoms with van der Waals surface area (Å²) in [4.78, 5) is 28.0. The first-order valence-corrected chi connectivity index (χ1v) is 10.4. The summed E-state index contributed by atoms with van der Waals surface area (Å²) in [6, 6.07) is 12.8. The van der Waals surface area contributed by atoms with Gasteiger partial charge in [-0.05, 0) is 50.1 Å². The molecular formula is C22H24N2O3S. The Hall–Kier alpha value is -2.73. The fourth-order valence-corrected chi connectivity index (χ4v) is 3.72. The van der Waals surface area contributed by atoms with Gasteiger partial charge in [-0.3, -0.25) is 9.59 Å². The molecule has 1 heterocycles. The standard InChI is InChI=1S/C22H24N2O3S/c1-4-27-20-8-6-5-7-18(20)24-21(26)13-28-12-16-11-19(25)17-10-9-14(2)15(3)22(17)23-16/h5-11H,4,12-13H2,1-3H3,(H,23,25)(H,24,26). The molecule has 0 aliphatic heterocycles. The maximum atomic E-state index is 12.4. The van der Waals surface area contributed by atoms with E-state index in [2.05, 4.69) is 10.3 Å². The Balaban J connectivity index is 1.64. The van der Waals surface area contributed by atoms with Crippen LogP contribution in [0.25, 0.3) is 10.9 Å². The minimum absolute atomic E-state index is 0.00235. The average molecular weight is 397 g/mol. The summed E-state index contributed by atoms with van der Waals surface area (Å²) in [6.07, 6.45) is 0. The van der Waals surface area contributed by atoms with Crippen molar-refractivity contribution in [3.63, 3.8) is 0 Å². The number of carbonyl (C=O) groups excluding carboxylic acids is 1. The van der Waals surface area contributed by atoms with Crippen molar-refractivity contribution in [2.24, 2.45) is 0 Å². The van der Waals surface area contributed by atoms with Gasteiger partial charge in [0.2, 0.25) is 5.91 Å². The smallest absolute Gasteiger partial charge is 0.234 e. The largest absolute Gasteiger partial charge is 0.492 e. The van der Waals surface area contributed by atoms with Crippen LogP contribution in [-0.4, -0.2) is 23.3 Å². The molecule has 0 saturated heterocycles. The lowest BCUT2D eigenvalue weighted by Crippen LogP contribution is -2.15. The molecule has 146 valence electrons. The Morgan fingerprint density at radius 2 is 1.96 bits per heavy atom. The second-order valence-corrected chi connectivity index (χ2v) is 7.54. The van der Waals surface area contributed by atoms with Crippen LogP contribution in [0.3, 0.4) is 0 Å². The number of H-pyrrole nitrogens is 1. The van der Waals surface area contributed by atoms with E-state index in [-0.39, 0.29) is 17.1 Å². The van der Waals surface area contributed by atoms with Crippen LogP contribution in [0, 0.1) is 13.8 Å². The zero-order chi connectivity index (χ0) is 20.1. The van der Waals surface area contributed by atoms with Crippen LogP contribution in [-0.2, 0) is 10.5 Å². The highest BCUT2D eigenvalue weighted by molar-refractivity contribution is 7.99. The number of aromatic nitrogens is 1. The van der Waals surface area contributed by atoms with Crippen LogP contribution >= 0.6 is 11.8 Å². The van der Waals surface area contributed by atoms with Crippen molar-refractivity contribution in [1.82, 2.24) is 4.98 Å². The number of aryl methyl sites for hydroxylation is 2. The third-order valence-electron chi connectivity index (χ3n) is 4.54. The molecule has 0 unspecified atom stereocenters. The summed E-state index contributed by atoms with van der Waals surface area (Å²) in [7, 11) is 0. The number of para-hydroxylation sites is 2. The third-order valence-corrected chi connectivity index (χ3v) is 5.53. The number of carbonyl (C=O) groups is 1. The number of aromatic amines is 1. The van der Waals surface area contributed by atoms with Crippen molar-refractivity contribution < 1.29 is 9.53 Å². The highest BCUT2D eigenvalue weighted by Crippen LogP contribution is 2.24. The van der Waals surface area contributed by atoms with Gasteiger partial charge < -0.3 is 15.0 Å². The van der Waals surface area contributed by atoms with E-state index in [1.165, 1.54) is 11.8 Å². The molecule has 2 aromatic carbocycles. The molecule has 28 heavy (non-hydrogen) atoms. The molecule has 2 N–H and O–H groups in total. The zero-order valence-electron chi connectivity index (χ0n) is 16.3. The van der Waals surface area contributed by atoms with E-state index in [9.17, 15) is 9.59 Å². The van der Waals surface area contributed by atoms with Gasteiger partial charge in [-0.1, -0.05) is 18.2 Å². The number of thioether (sulfide) groups is 1. The summed E-state index contributed by atoms with van der Waals surface area (Å²) < 4.78 is 5.53. The molecule has 0 bridgehead atoms. The van der Waals surface area contributed by atoms with Crippen molar-refractivity contribution in [2.75, 3.05) is 17.7 Å². The molecular weight excluding hydrogens is 372 g/mol. The van der Waals surface area contributed by atoms with Crippen molar-refractivity contribution in [2.45, 2.75) is 26.5 Å². The van der Waals surface area contributed by atoms with Gasteiger partial charge in [0.1, 0.15) is 5.75 Å². The zero-order valence-corrected chi connectivity index (χ0v) is 17.1.